The minimum absolute atomic E-state index is 0.0686. The quantitative estimate of drug-likeness (QED) is 0.796. The Morgan fingerprint density at radius 2 is 1.77 bits per heavy atom. The van der Waals surface area contributed by atoms with Crippen LogP contribution in [0.2, 0.25) is 0 Å². The van der Waals surface area contributed by atoms with Crippen molar-refractivity contribution in [1.82, 2.24) is 4.72 Å². The van der Waals surface area contributed by atoms with Crippen LogP contribution in [0.5, 0.6) is 5.75 Å². The van der Waals surface area contributed by atoms with Crippen LogP contribution in [-0.4, -0.2) is 27.2 Å². The fourth-order valence-electron chi connectivity index (χ4n) is 2.02. The topological polar surface area (TPSA) is 84.5 Å². The maximum Gasteiger partial charge on any atom is 0.573 e. The molecule has 2 N–H and O–H groups in total. The zero-order valence-electron chi connectivity index (χ0n) is 13.5. The fraction of sp³-hybridized carbons (Fsp3) is 0.188. The number of halogens is 3. The first kappa shape index (κ1) is 19.7. The summed E-state index contributed by atoms with van der Waals surface area (Å²) in [5.41, 5.74) is 0.309. The van der Waals surface area contributed by atoms with E-state index in [2.05, 4.69) is 14.8 Å². The number of nitrogens with one attached hydrogen (secondary N) is 2. The van der Waals surface area contributed by atoms with Gasteiger partial charge in [0.25, 0.3) is 5.91 Å². The molecule has 10 heteroatoms. The minimum atomic E-state index is -4.80. The Morgan fingerprint density at radius 3 is 2.35 bits per heavy atom. The van der Waals surface area contributed by atoms with Gasteiger partial charge in [0.15, 0.2) is 0 Å². The van der Waals surface area contributed by atoms with Gasteiger partial charge in [0.2, 0.25) is 10.0 Å². The van der Waals surface area contributed by atoms with E-state index in [1.165, 1.54) is 36.4 Å². The average Bonchev–Trinajstić information content (AvgIpc) is 2.55. The Hall–Kier alpha value is -2.59. The predicted octanol–water partition coefficient (Wildman–Crippen LogP) is 3.14. The largest absolute Gasteiger partial charge is 0.573 e. The summed E-state index contributed by atoms with van der Waals surface area (Å²) in [5, 5.41) is 2.47. The number of amides is 1. The molecule has 26 heavy (non-hydrogen) atoms. The average molecular weight is 388 g/mol. The molecule has 0 spiro atoms. The van der Waals surface area contributed by atoms with Crippen LogP contribution in [0.4, 0.5) is 18.9 Å². The maximum absolute atomic E-state index is 12.2. The van der Waals surface area contributed by atoms with Gasteiger partial charge in [-0.05, 0) is 42.5 Å². The molecular formula is C16H15F3N2O4S. The predicted molar refractivity (Wildman–Crippen MR) is 88.4 cm³/mol. The second-order valence-electron chi connectivity index (χ2n) is 5.06. The maximum atomic E-state index is 12.2. The Labute approximate surface area is 148 Å². The van der Waals surface area contributed by atoms with Crippen molar-refractivity contribution in [2.24, 2.45) is 0 Å². The Kier molecular flexibility index (Phi) is 5.88. The highest BCUT2D eigenvalue weighted by molar-refractivity contribution is 7.89. The van der Waals surface area contributed by atoms with Gasteiger partial charge in [-0.3, -0.25) is 4.79 Å². The molecule has 0 unspecified atom stereocenters. The third kappa shape index (κ3) is 5.46. The molecule has 0 fully saturated rings. The third-order valence-electron chi connectivity index (χ3n) is 3.09. The Bertz CT molecular complexity index is 881. The summed E-state index contributed by atoms with van der Waals surface area (Å²) < 4.78 is 66.3. The minimum Gasteiger partial charge on any atom is -0.406 e. The molecule has 0 saturated carbocycles. The molecule has 0 heterocycles. The molecule has 0 atom stereocenters. The van der Waals surface area contributed by atoms with Gasteiger partial charge in [-0.2, -0.15) is 0 Å². The van der Waals surface area contributed by atoms with Crippen molar-refractivity contribution in [3.8, 4) is 5.75 Å². The highest BCUT2D eigenvalue weighted by Crippen LogP contribution is 2.24. The molecule has 2 aromatic rings. The first-order chi connectivity index (χ1) is 12.1. The number of carbonyl (C=O) groups is 1. The van der Waals surface area contributed by atoms with Crippen molar-refractivity contribution in [2.75, 3.05) is 11.9 Å². The number of rotatable bonds is 6. The molecule has 0 radical (unpaired) electrons. The van der Waals surface area contributed by atoms with Gasteiger partial charge in [0.05, 0.1) is 4.90 Å². The van der Waals surface area contributed by atoms with Crippen molar-refractivity contribution >= 4 is 21.6 Å². The first-order valence-electron chi connectivity index (χ1n) is 7.37. The normalized spacial score (nSPS) is 11.8. The first-order valence-corrected chi connectivity index (χ1v) is 8.86. The van der Waals surface area contributed by atoms with Crippen molar-refractivity contribution in [2.45, 2.75) is 18.2 Å². The number of hydrogen-bond donors (Lipinski definition) is 2. The van der Waals surface area contributed by atoms with Gasteiger partial charge < -0.3 is 10.1 Å². The standard InChI is InChI=1S/C16H15F3N2O4S/c1-2-20-26(23,24)14-5-3-4-11(10-14)15(22)21-12-6-8-13(9-7-12)25-16(17,18)19/h3-10,20H,2H2,1H3,(H,21,22). The van der Waals surface area contributed by atoms with Gasteiger partial charge >= 0.3 is 6.36 Å². The molecule has 0 bridgehead atoms. The van der Waals surface area contributed by atoms with Crippen molar-refractivity contribution in [1.29, 1.82) is 0 Å². The summed E-state index contributed by atoms with van der Waals surface area (Å²) in [5.74, 6) is -1.03. The van der Waals surface area contributed by atoms with Gasteiger partial charge in [-0.1, -0.05) is 13.0 Å². The fourth-order valence-corrected chi connectivity index (χ4v) is 3.11. The van der Waals surface area contributed by atoms with Crippen molar-refractivity contribution in [3.05, 3.63) is 54.1 Å². The molecule has 1 amide bonds. The number of sulfonamides is 1. The molecule has 0 aliphatic rings. The lowest BCUT2D eigenvalue weighted by molar-refractivity contribution is -0.274. The molecule has 0 saturated heterocycles. The van der Waals surface area contributed by atoms with E-state index >= 15 is 0 Å². The highest BCUT2D eigenvalue weighted by Gasteiger charge is 2.31. The van der Waals surface area contributed by atoms with Crippen molar-refractivity contribution in [3.63, 3.8) is 0 Å². The van der Waals surface area contributed by atoms with Gasteiger partial charge in [-0.15, -0.1) is 13.2 Å². The molecular weight excluding hydrogens is 373 g/mol. The Morgan fingerprint density at radius 1 is 1.12 bits per heavy atom. The van der Waals surface area contributed by atoms with E-state index in [9.17, 15) is 26.4 Å². The van der Waals surface area contributed by atoms with Crippen LogP contribution in [0.3, 0.4) is 0 Å². The lowest BCUT2D eigenvalue weighted by Gasteiger charge is -2.10. The molecule has 0 aliphatic carbocycles. The summed E-state index contributed by atoms with van der Waals surface area (Å²) in [6.07, 6.45) is -4.80. The van der Waals surface area contributed by atoms with E-state index in [1.54, 1.807) is 6.92 Å². The van der Waals surface area contributed by atoms with Crippen LogP contribution in [-0.2, 0) is 10.0 Å². The second kappa shape index (κ2) is 7.75. The summed E-state index contributed by atoms with van der Waals surface area (Å²) >= 11 is 0. The van der Waals surface area contributed by atoms with E-state index in [1.807, 2.05) is 0 Å². The van der Waals surface area contributed by atoms with Crippen LogP contribution in [0, 0.1) is 0 Å². The van der Waals surface area contributed by atoms with Gasteiger partial charge in [0, 0.05) is 17.8 Å². The van der Waals surface area contributed by atoms with Crippen molar-refractivity contribution < 1.29 is 31.1 Å². The second-order valence-corrected chi connectivity index (χ2v) is 6.82. The van der Waals surface area contributed by atoms with Gasteiger partial charge in [-0.25, -0.2) is 13.1 Å². The number of alkyl halides is 3. The SMILES string of the molecule is CCNS(=O)(=O)c1cccc(C(=O)Nc2ccc(OC(F)(F)F)cc2)c1. The summed E-state index contributed by atoms with van der Waals surface area (Å²) in [4.78, 5) is 12.2. The molecule has 140 valence electrons. The van der Waals surface area contributed by atoms with Crippen LogP contribution in [0.15, 0.2) is 53.4 Å². The van der Waals surface area contributed by atoms with Crippen LogP contribution >= 0.6 is 0 Å². The Balaban J connectivity index is 2.13. The van der Waals surface area contributed by atoms with E-state index in [0.29, 0.717) is 0 Å². The summed E-state index contributed by atoms with van der Waals surface area (Å²) in [7, 11) is -3.72. The summed E-state index contributed by atoms with van der Waals surface area (Å²) in [6, 6.07) is 9.95. The van der Waals surface area contributed by atoms with E-state index in [0.717, 1.165) is 12.1 Å². The van der Waals surface area contributed by atoms with Crippen LogP contribution in [0.25, 0.3) is 0 Å². The molecule has 6 nitrogen and oxygen atoms in total. The van der Waals surface area contributed by atoms with E-state index in [-0.39, 0.29) is 22.7 Å². The van der Waals surface area contributed by atoms with Crippen LogP contribution < -0.4 is 14.8 Å². The number of benzene rings is 2. The zero-order valence-corrected chi connectivity index (χ0v) is 14.3. The number of hydrogen-bond acceptors (Lipinski definition) is 4. The van der Waals surface area contributed by atoms with Gasteiger partial charge in [0.1, 0.15) is 5.75 Å². The zero-order chi connectivity index (χ0) is 19.4. The lowest BCUT2D eigenvalue weighted by Crippen LogP contribution is -2.23. The third-order valence-corrected chi connectivity index (χ3v) is 4.63. The summed E-state index contributed by atoms with van der Waals surface area (Å²) in [6.45, 7) is 1.82. The number of ether oxygens (including phenoxy) is 1. The van der Waals surface area contributed by atoms with Crippen LogP contribution in [0.1, 0.15) is 17.3 Å². The molecule has 0 aliphatic heterocycles. The monoisotopic (exact) mass is 388 g/mol. The lowest BCUT2D eigenvalue weighted by atomic mass is 10.2. The number of anilines is 1. The molecule has 0 aromatic heterocycles. The van der Waals surface area contributed by atoms with E-state index < -0.39 is 28.0 Å². The smallest absolute Gasteiger partial charge is 0.406 e. The van der Waals surface area contributed by atoms with E-state index in [4.69, 9.17) is 0 Å². The number of carbonyl (C=O) groups excluding carboxylic acids is 1. The highest BCUT2D eigenvalue weighted by atomic mass is 32.2. The molecule has 2 aromatic carbocycles. The molecule has 2 rings (SSSR count).